The fraction of sp³-hybridized carbons (Fsp3) is 0.179. The quantitative estimate of drug-likeness (QED) is 0.293. The highest BCUT2D eigenvalue weighted by atomic mass is 35.5. The molecule has 5 rings (SSSR count). The van der Waals surface area contributed by atoms with Crippen molar-refractivity contribution in [1.29, 1.82) is 0 Å². The Morgan fingerprint density at radius 1 is 1.03 bits per heavy atom. The van der Waals surface area contributed by atoms with Gasteiger partial charge in [0.1, 0.15) is 0 Å². The number of nitrogens with zero attached hydrogens (tertiary/aromatic N) is 3. The van der Waals surface area contributed by atoms with Gasteiger partial charge in [0.25, 0.3) is 0 Å². The van der Waals surface area contributed by atoms with Crippen molar-refractivity contribution in [1.82, 2.24) is 20.2 Å². The molecule has 2 N–H and O–H groups in total. The van der Waals surface area contributed by atoms with Crippen molar-refractivity contribution in [2.45, 2.75) is 19.6 Å². The smallest absolute Gasteiger partial charge is 0.407 e. The first-order valence-corrected chi connectivity index (χ1v) is 12.4. The summed E-state index contributed by atoms with van der Waals surface area (Å²) in [5.41, 5.74) is 7.25. The number of hydrogen-bond donors (Lipinski definition) is 2. The van der Waals surface area contributed by atoms with Gasteiger partial charge in [-0.25, -0.2) is 9.78 Å². The molecule has 188 valence electrons. The van der Waals surface area contributed by atoms with E-state index in [1.165, 1.54) is 4.90 Å². The Morgan fingerprint density at radius 3 is 2.54 bits per heavy atom. The van der Waals surface area contributed by atoms with Crippen LogP contribution in [0.15, 0.2) is 60.8 Å². The summed E-state index contributed by atoms with van der Waals surface area (Å²) in [6.07, 6.45) is 0.763. The van der Waals surface area contributed by atoms with Crippen LogP contribution in [-0.2, 0) is 19.6 Å². The third-order valence-electron chi connectivity index (χ3n) is 6.43. The monoisotopic (exact) mass is 534 g/mol. The number of rotatable bonds is 6. The van der Waals surface area contributed by atoms with Gasteiger partial charge < -0.3 is 15.2 Å². The fourth-order valence-electron chi connectivity index (χ4n) is 4.59. The minimum Gasteiger partial charge on any atom is -0.481 e. The van der Waals surface area contributed by atoms with Gasteiger partial charge in [0, 0.05) is 53.6 Å². The third-order valence-corrected chi connectivity index (χ3v) is 7.22. The van der Waals surface area contributed by atoms with Gasteiger partial charge >= 0.3 is 6.09 Å². The summed E-state index contributed by atoms with van der Waals surface area (Å²) >= 11 is 13.8. The van der Waals surface area contributed by atoms with Crippen LogP contribution >= 0.6 is 23.2 Å². The molecule has 1 aliphatic rings. The highest BCUT2D eigenvalue weighted by Crippen LogP contribution is 2.42. The second-order valence-electron chi connectivity index (χ2n) is 8.71. The van der Waals surface area contributed by atoms with E-state index in [-0.39, 0.29) is 0 Å². The zero-order valence-electron chi connectivity index (χ0n) is 20.3. The Morgan fingerprint density at radius 2 is 1.78 bits per heavy atom. The van der Waals surface area contributed by atoms with Gasteiger partial charge in [0.05, 0.1) is 28.5 Å². The van der Waals surface area contributed by atoms with Crippen LogP contribution in [0.4, 0.5) is 4.79 Å². The van der Waals surface area contributed by atoms with Gasteiger partial charge in [-0.05, 0) is 36.4 Å². The zero-order valence-corrected chi connectivity index (χ0v) is 21.8. The SMILES string of the molecule is CNCc1ccc(-c2cccc(-c3ccnc(-c4ccc5c(c4)CN(C(=O)O)C5)c3Cl)c2Cl)nc1OC. The number of nitrogens with one attached hydrogen (secondary N) is 1. The van der Waals surface area contributed by atoms with E-state index in [0.29, 0.717) is 46.9 Å². The largest absolute Gasteiger partial charge is 0.481 e. The Bertz CT molecular complexity index is 1510. The summed E-state index contributed by atoms with van der Waals surface area (Å²) in [6, 6.07) is 17.3. The first kappa shape index (κ1) is 25.0. The summed E-state index contributed by atoms with van der Waals surface area (Å²) < 4.78 is 5.49. The molecule has 2 aromatic carbocycles. The van der Waals surface area contributed by atoms with Crippen molar-refractivity contribution in [2.24, 2.45) is 0 Å². The third kappa shape index (κ3) is 4.73. The Labute approximate surface area is 224 Å². The number of halogens is 2. The molecular formula is C28H24Cl2N4O3. The van der Waals surface area contributed by atoms with Gasteiger partial charge in [0.15, 0.2) is 0 Å². The maximum Gasteiger partial charge on any atom is 0.407 e. The van der Waals surface area contributed by atoms with Gasteiger partial charge in [0.2, 0.25) is 5.88 Å². The Hall–Kier alpha value is -3.65. The molecule has 7 nitrogen and oxygen atoms in total. The van der Waals surface area contributed by atoms with Crippen LogP contribution < -0.4 is 10.1 Å². The number of hydrogen-bond acceptors (Lipinski definition) is 5. The standard InChI is InChI=1S/C28H24Cl2N4O3/c1-31-13-17-8-9-23(33-27(17)37-2)22-5-3-4-20(24(22)29)21-10-11-32-26(25(21)30)16-6-7-18-14-34(28(35)36)15-19(18)12-16/h3-12,31H,13-15H2,1-2H3,(H,35,36). The lowest BCUT2D eigenvalue weighted by atomic mass is 9.98. The first-order valence-electron chi connectivity index (χ1n) is 11.6. The van der Waals surface area contributed by atoms with Gasteiger partial charge in [-0.3, -0.25) is 9.88 Å². The highest BCUT2D eigenvalue weighted by molar-refractivity contribution is 6.39. The number of benzene rings is 2. The molecule has 0 fully saturated rings. The number of ether oxygens (including phenoxy) is 1. The van der Waals surface area contributed by atoms with Gasteiger partial charge in [-0.2, -0.15) is 0 Å². The van der Waals surface area contributed by atoms with E-state index in [9.17, 15) is 9.90 Å². The van der Waals surface area contributed by atoms with Gasteiger partial charge in [-0.1, -0.05) is 59.6 Å². The van der Waals surface area contributed by atoms with E-state index < -0.39 is 6.09 Å². The summed E-state index contributed by atoms with van der Waals surface area (Å²) in [4.78, 5) is 22.0. The van der Waals surface area contributed by atoms with Crippen LogP contribution in [0.3, 0.4) is 0 Å². The lowest BCUT2D eigenvalue weighted by Gasteiger charge is -2.14. The van der Waals surface area contributed by atoms with E-state index in [0.717, 1.165) is 38.9 Å². The summed E-state index contributed by atoms with van der Waals surface area (Å²) in [5.74, 6) is 0.538. The number of carbonyl (C=O) groups is 1. The topological polar surface area (TPSA) is 87.6 Å². The van der Waals surface area contributed by atoms with Crippen molar-refractivity contribution in [3.05, 3.63) is 87.5 Å². The maximum atomic E-state index is 11.4. The van der Waals surface area contributed by atoms with E-state index in [1.54, 1.807) is 13.3 Å². The maximum absolute atomic E-state index is 11.4. The molecule has 3 heterocycles. The van der Waals surface area contributed by atoms with Crippen molar-refractivity contribution in [3.8, 4) is 39.5 Å². The number of carboxylic acid groups (broad SMARTS) is 1. The zero-order chi connectivity index (χ0) is 26.1. The van der Waals surface area contributed by atoms with Crippen LogP contribution in [0.1, 0.15) is 16.7 Å². The average molecular weight is 535 g/mol. The summed E-state index contributed by atoms with van der Waals surface area (Å²) in [6.45, 7) is 1.35. The summed E-state index contributed by atoms with van der Waals surface area (Å²) in [5, 5.41) is 13.4. The molecule has 37 heavy (non-hydrogen) atoms. The minimum atomic E-state index is -0.936. The molecular weight excluding hydrogens is 511 g/mol. The lowest BCUT2D eigenvalue weighted by molar-refractivity contribution is 0.145. The van der Waals surface area contributed by atoms with E-state index in [2.05, 4.69) is 15.3 Å². The molecule has 0 bridgehead atoms. The van der Waals surface area contributed by atoms with Crippen LogP contribution in [0, 0.1) is 0 Å². The number of aromatic nitrogens is 2. The predicted octanol–water partition coefficient (Wildman–Crippen LogP) is 6.51. The predicted molar refractivity (Wildman–Crippen MR) is 145 cm³/mol. The molecule has 9 heteroatoms. The van der Waals surface area contributed by atoms with E-state index in [4.69, 9.17) is 27.9 Å². The van der Waals surface area contributed by atoms with Crippen molar-refractivity contribution in [3.63, 3.8) is 0 Å². The first-order chi connectivity index (χ1) is 17.9. The van der Waals surface area contributed by atoms with E-state index in [1.807, 2.05) is 61.6 Å². The lowest BCUT2D eigenvalue weighted by Crippen LogP contribution is -2.22. The van der Waals surface area contributed by atoms with Crippen LogP contribution in [0.5, 0.6) is 5.88 Å². The number of amides is 1. The normalized spacial score (nSPS) is 12.5. The second kappa shape index (κ2) is 10.4. The molecule has 1 aliphatic heterocycles. The molecule has 0 spiro atoms. The summed E-state index contributed by atoms with van der Waals surface area (Å²) in [7, 11) is 3.47. The molecule has 2 aromatic heterocycles. The molecule has 0 radical (unpaired) electrons. The van der Waals surface area contributed by atoms with Gasteiger partial charge in [-0.15, -0.1) is 0 Å². The Balaban J connectivity index is 1.54. The molecule has 0 unspecified atom stereocenters. The average Bonchev–Trinajstić information content (AvgIpc) is 3.34. The molecule has 0 saturated heterocycles. The minimum absolute atomic E-state index is 0.341. The molecule has 4 aromatic rings. The van der Waals surface area contributed by atoms with E-state index >= 15 is 0 Å². The van der Waals surface area contributed by atoms with Crippen LogP contribution in [0.2, 0.25) is 10.0 Å². The number of methoxy groups -OCH3 is 1. The van der Waals surface area contributed by atoms with Crippen molar-refractivity contribution < 1.29 is 14.6 Å². The Kier molecular flexibility index (Phi) is 7.02. The molecule has 0 atom stereocenters. The fourth-order valence-corrected chi connectivity index (χ4v) is 5.24. The van der Waals surface area contributed by atoms with Crippen molar-refractivity contribution in [2.75, 3.05) is 14.2 Å². The highest BCUT2D eigenvalue weighted by Gasteiger charge is 2.24. The molecule has 0 aliphatic carbocycles. The van der Waals surface area contributed by atoms with Crippen LogP contribution in [0.25, 0.3) is 33.6 Å². The molecule has 1 amide bonds. The second-order valence-corrected chi connectivity index (χ2v) is 9.46. The number of pyridine rings is 2. The van der Waals surface area contributed by atoms with Crippen LogP contribution in [-0.4, -0.2) is 40.2 Å². The van der Waals surface area contributed by atoms with Crippen molar-refractivity contribution >= 4 is 29.3 Å². The number of fused-ring (bicyclic) bond motifs is 1. The molecule has 0 saturated carbocycles.